The standard InChI is InChI=1S/C21H20FN3O/c1-3-13-24(14-4-2)21-23-20(26)18-7-5-6-8-19(18)25(21)15-16-9-11-17(22)12-10-16/h3-12H,1-2,13-15H2. The molecule has 0 spiro atoms. The Balaban J connectivity index is 2.21. The molecule has 1 aromatic heterocycles. The minimum atomic E-state index is -0.281. The monoisotopic (exact) mass is 349 g/mol. The summed E-state index contributed by atoms with van der Waals surface area (Å²) in [6, 6.07) is 13.7. The van der Waals surface area contributed by atoms with Crippen LogP contribution in [0.25, 0.3) is 10.9 Å². The maximum Gasteiger partial charge on any atom is 0.282 e. The molecule has 0 saturated carbocycles. The van der Waals surface area contributed by atoms with E-state index in [2.05, 4.69) is 18.1 Å². The molecule has 0 unspecified atom stereocenters. The van der Waals surface area contributed by atoms with Crippen molar-refractivity contribution in [2.24, 2.45) is 0 Å². The van der Waals surface area contributed by atoms with Gasteiger partial charge >= 0.3 is 0 Å². The fourth-order valence-electron chi connectivity index (χ4n) is 2.93. The molecule has 0 aliphatic heterocycles. The van der Waals surface area contributed by atoms with E-state index in [4.69, 9.17) is 0 Å². The molecular formula is C21H20FN3O. The Kier molecular flexibility index (Phi) is 5.27. The molecule has 0 aliphatic carbocycles. The molecule has 26 heavy (non-hydrogen) atoms. The van der Waals surface area contributed by atoms with Crippen molar-refractivity contribution in [3.8, 4) is 0 Å². The van der Waals surface area contributed by atoms with Crippen molar-refractivity contribution < 1.29 is 4.39 Å². The summed E-state index contributed by atoms with van der Waals surface area (Å²) < 4.78 is 15.2. The highest BCUT2D eigenvalue weighted by molar-refractivity contribution is 5.79. The Hall–Kier alpha value is -3.21. The quantitative estimate of drug-likeness (QED) is 0.610. The van der Waals surface area contributed by atoms with Crippen LogP contribution in [-0.2, 0) is 6.54 Å². The topological polar surface area (TPSA) is 38.1 Å². The van der Waals surface area contributed by atoms with Crippen LogP contribution < -0.4 is 10.5 Å². The molecule has 0 aliphatic rings. The zero-order valence-corrected chi connectivity index (χ0v) is 14.4. The third-order valence-electron chi connectivity index (χ3n) is 4.10. The highest BCUT2D eigenvalue weighted by Gasteiger charge is 2.15. The summed E-state index contributed by atoms with van der Waals surface area (Å²) in [6.45, 7) is 9.09. The lowest BCUT2D eigenvalue weighted by atomic mass is 10.2. The van der Waals surface area contributed by atoms with Crippen molar-refractivity contribution >= 4 is 16.9 Å². The largest absolute Gasteiger partial charge is 0.335 e. The number of hydrogen-bond acceptors (Lipinski definition) is 3. The summed E-state index contributed by atoms with van der Waals surface area (Å²) >= 11 is 0. The SMILES string of the molecule is C=CCN(CC=C)c1nc(=O)c2ccccc2n1Cc1ccc(F)cc1. The molecule has 4 nitrogen and oxygen atoms in total. The number of anilines is 1. The Bertz CT molecular complexity index is 982. The van der Waals surface area contributed by atoms with Gasteiger partial charge in [0, 0.05) is 13.1 Å². The van der Waals surface area contributed by atoms with Crippen molar-refractivity contribution in [3.05, 3.63) is 95.6 Å². The predicted molar refractivity (Wildman–Crippen MR) is 104 cm³/mol. The van der Waals surface area contributed by atoms with Crippen molar-refractivity contribution in [1.82, 2.24) is 9.55 Å². The van der Waals surface area contributed by atoms with E-state index in [9.17, 15) is 9.18 Å². The van der Waals surface area contributed by atoms with Gasteiger partial charge in [0.15, 0.2) is 0 Å². The summed E-state index contributed by atoms with van der Waals surface area (Å²) in [5.74, 6) is 0.259. The third kappa shape index (κ3) is 3.57. The van der Waals surface area contributed by atoms with Gasteiger partial charge in [-0.1, -0.05) is 36.4 Å². The molecule has 0 amide bonds. The molecule has 0 atom stereocenters. The van der Waals surface area contributed by atoms with E-state index in [1.165, 1.54) is 12.1 Å². The van der Waals surface area contributed by atoms with E-state index in [1.54, 1.807) is 30.4 Å². The Morgan fingerprint density at radius 1 is 1.04 bits per heavy atom. The molecular weight excluding hydrogens is 329 g/mol. The second-order valence-corrected chi connectivity index (χ2v) is 5.93. The highest BCUT2D eigenvalue weighted by atomic mass is 19.1. The molecule has 0 saturated heterocycles. The van der Waals surface area contributed by atoms with Crippen LogP contribution in [0, 0.1) is 5.82 Å². The van der Waals surface area contributed by atoms with Crippen LogP contribution >= 0.6 is 0 Å². The van der Waals surface area contributed by atoms with E-state index in [-0.39, 0.29) is 11.4 Å². The van der Waals surface area contributed by atoms with Crippen LogP contribution in [0.3, 0.4) is 0 Å². The zero-order valence-electron chi connectivity index (χ0n) is 14.4. The molecule has 2 aromatic carbocycles. The molecule has 0 fully saturated rings. The lowest BCUT2D eigenvalue weighted by molar-refractivity contribution is 0.626. The number of benzene rings is 2. The van der Waals surface area contributed by atoms with Gasteiger partial charge in [0.1, 0.15) is 5.82 Å². The number of halogens is 1. The van der Waals surface area contributed by atoms with Crippen molar-refractivity contribution in [2.45, 2.75) is 6.54 Å². The summed E-state index contributed by atoms with van der Waals surface area (Å²) in [4.78, 5) is 18.8. The second kappa shape index (κ2) is 7.78. The first-order valence-corrected chi connectivity index (χ1v) is 8.35. The minimum Gasteiger partial charge on any atom is -0.335 e. The van der Waals surface area contributed by atoms with Crippen molar-refractivity contribution in [3.63, 3.8) is 0 Å². The number of aromatic nitrogens is 2. The average molecular weight is 349 g/mol. The van der Waals surface area contributed by atoms with E-state index >= 15 is 0 Å². The second-order valence-electron chi connectivity index (χ2n) is 5.93. The number of hydrogen-bond donors (Lipinski definition) is 0. The van der Waals surface area contributed by atoms with Gasteiger partial charge < -0.3 is 9.47 Å². The van der Waals surface area contributed by atoms with Crippen molar-refractivity contribution in [2.75, 3.05) is 18.0 Å². The maximum atomic E-state index is 13.2. The van der Waals surface area contributed by atoms with E-state index in [1.807, 2.05) is 27.7 Å². The predicted octanol–water partition coefficient (Wildman–Crippen LogP) is 3.76. The third-order valence-corrected chi connectivity index (χ3v) is 4.10. The Morgan fingerprint density at radius 3 is 2.35 bits per heavy atom. The van der Waals surface area contributed by atoms with Gasteiger partial charge in [-0.05, 0) is 29.8 Å². The normalized spacial score (nSPS) is 10.7. The number of nitrogens with zero attached hydrogens (tertiary/aromatic N) is 3. The van der Waals surface area contributed by atoms with Crippen LogP contribution in [0.15, 0.2) is 78.6 Å². The van der Waals surface area contributed by atoms with Crippen LogP contribution in [0.2, 0.25) is 0 Å². The van der Waals surface area contributed by atoms with Gasteiger partial charge in [-0.3, -0.25) is 4.79 Å². The average Bonchev–Trinajstić information content (AvgIpc) is 2.65. The number of fused-ring (bicyclic) bond motifs is 1. The molecule has 0 radical (unpaired) electrons. The molecule has 0 N–H and O–H groups in total. The summed E-state index contributed by atoms with van der Waals surface area (Å²) in [5, 5.41) is 0.551. The molecule has 1 heterocycles. The Labute approximate surface area is 151 Å². The first-order valence-electron chi connectivity index (χ1n) is 8.35. The molecule has 132 valence electrons. The van der Waals surface area contributed by atoms with Crippen LogP contribution in [0.4, 0.5) is 10.3 Å². The van der Waals surface area contributed by atoms with Gasteiger partial charge in [0.05, 0.1) is 17.4 Å². The van der Waals surface area contributed by atoms with E-state index in [0.717, 1.165) is 11.1 Å². The minimum absolute atomic E-state index is 0.274. The van der Waals surface area contributed by atoms with Gasteiger partial charge in [-0.15, -0.1) is 13.2 Å². The van der Waals surface area contributed by atoms with Gasteiger partial charge in [-0.2, -0.15) is 4.98 Å². The van der Waals surface area contributed by atoms with E-state index in [0.29, 0.717) is 31.0 Å². The summed E-state index contributed by atoms with van der Waals surface area (Å²) in [6.07, 6.45) is 3.51. The van der Waals surface area contributed by atoms with Crippen LogP contribution in [-0.4, -0.2) is 22.6 Å². The summed E-state index contributed by atoms with van der Waals surface area (Å²) in [5.41, 5.74) is 1.43. The number of rotatable bonds is 7. The highest BCUT2D eigenvalue weighted by Crippen LogP contribution is 2.20. The molecule has 5 heteroatoms. The number of para-hydroxylation sites is 1. The van der Waals surface area contributed by atoms with Gasteiger partial charge in [0.2, 0.25) is 5.95 Å². The first kappa shape index (κ1) is 17.6. The fraction of sp³-hybridized carbons (Fsp3) is 0.143. The Morgan fingerprint density at radius 2 is 1.69 bits per heavy atom. The van der Waals surface area contributed by atoms with Gasteiger partial charge in [-0.25, -0.2) is 4.39 Å². The first-order chi connectivity index (χ1) is 12.6. The molecule has 3 rings (SSSR count). The summed E-state index contributed by atoms with van der Waals surface area (Å²) in [7, 11) is 0. The van der Waals surface area contributed by atoms with Crippen molar-refractivity contribution in [1.29, 1.82) is 0 Å². The smallest absolute Gasteiger partial charge is 0.282 e. The van der Waals surface area contributed by atoms with Crippen LogP contribution in [0.1, 0.15) is 5.56 Å². The van der Waals surface area contributed by atoms with Gasteiger partial charge in [0.25, 0.3) is 5.56 Å². The lowest BCUT2D eigenvalue weighted by Crippen LogP contribution is -2.31. The van der Waals surface area contributed by atoms with E-state index < -0.39 is 0 Å². The zero-order chi connectivity index (χ0) is 18.5. The van der Waals surface area contributed by atoms with Crippen LogP contribution in [0.5, 0.6) is 0 Å². The molecule has 3 aromatic rings. The molecule has 0 bridgehead atoms. The fourth-order valence-corrected chi connectivity index (χ4v) is 2.93. The lowest BCUT2D eigenvalue weighted by Gasteiger charge is -2.25. The maximum absolute atomic E-state index is 13.2.